The first-order valence-electron chi connectivity index (χ1n) is 12.4. The van der Waals surface area contributed by atoms with Gasteiger partial charge in [-0.2, -0.15) is 0 Å². The van der Waals surface area contributed by atoms with E-state index in [1.807, 2.05) is 0 Å². The maximum Gasteiger partial charge on any atom is 0.251 e. The first-order valence-corrected chi connectivity index (χ1v) is 12.4. The molecule has 3 aromatic carbocycles. The number of methoxy groups -OCH3 is 1. The Kier molecular flexibility index (Phi) is 7.29. The van der Waals surface area contributed by atoms with E-state index in [-0.39, 0.29) is 31.5 Å². The third kappa shape index (κ3) is 5.54. The van der Waals surface area contributed by atoms with Gasteiger partial charge in [-0.15, -0.1) is 0 Å². The molecule has 4 aromatic rings. The minimum atomic E-state index is -2.73. The molecule has 11 heteroatoms. The molecule has 0 radical (unpaired) electrons. The smallest absolute Gasteiger partial charge is 0.251 e. The topological polar surface area (TPSA) is 79.4 Å². The van der Waals surface area contributed by atoms with E-state index in [0.29, 0.717) is 45.1 Å². The Morgan fingerprint density at radius 3 is 2.52 bits per heavy atom. The predicted molar refractivity (Wildman–Crippen MR) is 146 cm³/mol. The highest BCUT2D eigenvalue weighted by Gasteiger charge is 2.35. The van der Waals surface area contributed by atoms with Gasteiger partial charge in [0.1, 0.15) is 29.5 Å². The number of nitrogens with one attached hydrogen (secondary N) is 2. The quantitative estimate of drug-likeness (QED) is 0.197. The summed E-state index contributed by atoms with van der Waals surface area (Å²) in [7, 11) is 1.48. The highest BCUT2D eigenvalue weighted by Crippen LogP contribution is 2.39. The molecule has 0 bridgehead atoms. The van der Waals surface area contributed by atoms with Crippen molar-refractivity contribution in [2.75, 3.05) is 35.7 Å². The van der Waals surface area contributed by atoms with Crippen LogP contribution in [0.1, 0.15) is 12.8 Å². The van der Waals surface area contributed by atoms with Gasteiger partial charge in [-0.1, -0.05) is 12.6 Å². The first kappa shape index (κ1) is 26.9. The van der Waals surface area contributed by atoms with Crippen molar-refractivity contribution in [2.45, 2.75) is 18.8 Å². The number of nitrogens with zero attached hydrogens (tertiary/aromatic N) is 3. The van der Waals surface area contributed by atoms with E-state index in [2.05, 4.69) is 27.2 Å². The lowest BCUT2D eigenvalue weighted by Crippen LogP contribution is -2.39. The standard InChI is InChI=1S/C29H25F4N5O2/c1-3-27(39)36-23-14-20-22(15-25(23)38-10-8-29(32,33)9-11-38)34-16-35-28(20)37-24-12-17(4-7-26(24)40-2)19-6-5-18(30)13-21(19)31/h3-7,12-16H,1,8-11H2,2H3,(H,36,39)(H,34,35,37). The number of carbonyl (C=O) groups excluding carboxylic acids is 1. The Morgan fingerprint density at radius 1 is 1.05 bits per heavy atom. The lowest BCUT2D eigenvalue weighted by Gasteiger charge is -2.34. The van der Waals surface area contributed by atoms with Crippen LogP contribution < -0.4 is 20.3 Å². The van der Waals surface area contributed by atoms with Crippen LogP contribution in [0.5, 0.6) is 5.75 Å². The van der Waals surface area contributed by atoms with E-state index in [4.69, 9.17) is 4.74 Å². The van der Waals surface area contributed by atoms with Crippen molar-refractivity contribution in [3.63, 3.8) is 0 Å². The second-order valence-corrected chi connectivity index (χ2v) is 9.31. The van der Waals surface area contributed by atoms with Crippen LogP contribution in [0.15, 0.2) is 67.5 Å². The Labute approximate surface area is 227 Å². The van der Waals surface area contributed by atoms with Crippen LogP contribution in [0.25, 0.3) is 22.0 Å². The molecule has 1 aromatic heterocycles. The number of carbonyl (C=O) groups is 1. The van der Waals surface area contributed by atoms with E-state index in [1.165, 1.54) is 25.6 Å². The van der Waals surface area contributed by atoms with Gasteiger partial charge in [0.2, 0.25) is 5.91 Å². The Morgan fingerprint density at radius 2 is 1.82 bits per heavy atom. The molecule has 1 saturated heterocycles. The third-order valence-electron chi connectivity index (χ3n) is 6.73. The molecular formula is C29H25F4N5O2. The zero-order valence-electron chi connectivity index (χ0n) is 21.5. The molecule has 0 atom stereocenters. The highest BCUT2D eigenvalue weighted by atomic mass is 19.3. The van der Waals surface area contributed by atoms with Crippen LogP contribution >= 0.6 is 0 Å². The van der Waals surface area contributed by atoms with Gasteiger partial charge in [-0.05, 0) is 48.0 Å². The summed E-state index contributed by atoms with van der Waals surface area (Å²) >= 11 is 0. The normalized spacial score (nSPS) is 14.6. The molecule has 0 spiro atoms. The summed E-state index contributed by atoms with van der Waals surface area (Å²) in [5.41, 5.74) is 2.56. The molecule has 1 fully saturated rings. The Hall–Kier alpha value is -4.67. The summed E-state index contributed by atoms with van der Waals surface area (Å²) in [4.78, 5) is 22.8. The molecule has 206 valence electrons. The average Bonchev–Trinajstić information content (AvgIpc) is 2.93. The predicted octanol–water partition coefficient (Wildman–Crippen LogP) is 6.69. The number of halogens is 4. The molecule has 2 heterocycles. The molecule has 7 nitrogen and oxygen atoms in total. The number of hydrogen-bond donors (Lipinski definition) is 2. The largest absolute Gasteiger partial charge is 0.495 e. The second kappa shape index (κ2) is 10.8. The monoisotopic (exact) mass is 551 g/mol. The third-order valence-corrected chi connectivity index (χ3v) is 6.73. The minimum absolute atomic E-state index is 0.107. The number of alkyl halides is 2. The average molecular weight is 552 g/mol. The number of anilines is 4. The molecule has 40 heavy (non-hydrogen) atoms. The number of amides is 1. The van der Waals surface area contributed by atoms with Crippen molar-refractivity contribution in [3.8, 4) is 16.9 Å². The summed E-state index contributed by atoms with van der Waals surface area (Å²) in [5.74, 6) is -3.81. The fourth-order valence-corrected chi connectivity index (χ4v) is 4.64. The molecular weight excluding hydrogens is 526 g/mol. The molecule has 5 rings (SSSR count). The van der Waals surface area contributed by atoms with E-state index in [1.54, 1.807) is 35.2 Å². The van der Waals surface area contributed by atoms with Crippen LogP contribution in [-0.4, -0.2) is 42.0 Å². The van der Waals surface area contributed by atoms with E-state index in [9.17, 15) is 22.4 Å². The lowest BCUT2D eigenvalue weighted by atomic mass is 10.0. The lowest BCUT2D eigenvalue weighted by molar-refractivity contribution is -0.111. The van der Waals surface area contributed by atoms with Crippen molar-refractivity contribution in [1.29, 1.82) is 0 Å². The Balaban J connectivity index is 1.57. The molecule has 1 aliphatic rings. The molecule has 0 aliphatic carbocycles. The van der Waals surface area contributed by atoms with Crippen molar-refractivity contribution < 1.29 is 27.1 Å². The molecule has 2 N–H and O–H groups in total. The number of benzene rings is 3. The van der Waals surface area contributed by atoms with Crippen molar-refractivity contribution >= 4 is 39.7 Å². The highest BCUT2D eigenvalue weighted by molar-refractivity contribution is 6.05. The summed E-state index contributed by atoms with van der Waals surface area (Å²) in [6.07, 6.45) is 1.85. The number of piperidine rings is 1. The molecule has 0 saturated carbocycles. The fourth-order valence-electron chi connectivity index (χ4n) is 4.64. The summed E-state index contributed by atoms with van der Waals surface area (Å²) in [5, 5.41) is 6.47. The maximum absolute atomic E-state index is 14.5. The number of aromatic nitrogens is 2. The van der Waals surface area contributed by atoms with E-state index < -0.39 is 23.5 Å². The van der Waals surface area contributed by atoms with Gasteiger partial charge in [-0.3, -0.25) is 4.79 Å². The number of ether oxygens (including phenoxy) is 1. The zero-order valence-corrected chi connectivity index (χ0v) is 21.5. The maximum atomic E-state index is 14.5. The van der Waals surface area contributed by atoms with Crippen LogP contribution in [0.4, 0.5) is 40.4 Å². The number of hydrogen-bond acceptors (Lipinski definition) is 6. The van der Waals surface area contributed by atoms with E-state index >= 15 is 0 Å². The summed E-state index contributed by atoms with van der Waals surface area (Å²) < 4.78 is 61.1. The van der Waals surface area contributed by atoms with Crippen LogP contribution in [-0.2, 0) is 4.79 Å². The van der Waals surface area contributed by atoms with Crippen LogP contribution in [0.3, 0.4) is 0 Å². The van der Waals surface area contributed by atoms with Crippen LogP contribution in [0, 0.1) is 11.6 Å². The van der Waals surface area contributed by atoms with Crippen LogP contribution in [0.2, 0.25) is 0 Å². The molecule has 0 unspecified atom stereocenters. The fraction of sp³-hybridized carbons (Fsp3) is 0.207. The van der Waals surface area contributed by atoms with Gasteiger partial charge >= 0.3 is 0 Å². The Bertz CT molecular complexity index is 1600. The summed E-state index contributed by atoms with van der Waals surface area (Å²) in [6, 6.07) is 11.6. The second-order valence-electron chi connectivity index (χ2n) is 9.31. The zero-order chi connectivity index (χ0) is 28.4. The van der Waals surface area contributed by atoms with Gasteiger partial charge in [-0.25, -0.2) is 27.5 Å². The van der Waals surface area contributed by atoms with Gasteiger partial charge in [0.25, 0.3) is 5.92 Å². The van der Waals surface area contributed by atoms with E-state index in [0.717, 1.165) is 12.1 Å². The van der Waals surface area contributed by atoms with Gasteiger partial charge in [0, 0.05) is 42.9 Å². The number of rotatable bonds is 7. The minimum Gasteiger partial charge on any atom is -0.495 e. The molecule has 1 amide bonds. The van der Waals surface area contributed by atoms with Crippen molar-refractivity contribution in [1.82, 2.24) is 9.97 Å². The SMILES string of the molecule is C=CC(=O)Nc1cc2c(Nc3cc(-c4ccc(F)cc4F)ccc3OC)ncnc2cc1N1CCC(F)(F)CC1. The number of fused-ring (bicyclic) bond motifs is 1. The van der Waals surface area contributed by atoms with Gasteiger partial charge in [0.05, 0.1) is 29.7 Å². The van der Waals surface area contributed by atoms with Gasteiger partial charge < -0.3 is 20.3 Å². The van der Waals surface area contributed by atoms with Crippen molar-refractivity contribution in [2.24, 2.45) is 0 Å². The first-order chi connectivity index (χ1) is 19.2. The summed E-state index contributed by atoms with van der Waals surface area (Å²) in [6.45, 7) is 3.71. The molecule has 1 aliphatic heterocycles. The van der Waals surface area contributed by atoms with Gasteiger partial charge in [0.15, 0.2) is 0 Å². The van der Waals surface area contributed by atoms with Crippen molar-refractivity contribution in [3.05, 3.63) is 79.1 Å².